The van der Waals surface area contributed by atoms with E-state index in [1.165, 1.54) is 11.9 Å². The third-order valence-corrected chi connectivity index (χ3v) is 3.31. The lowest BCUT2D eigenvalue weighted by molar-refractivity contribution is -0.385. The van der Waals surface area contributed by atoms with Crippen molar-refractivity contribution >= 4 is 17.5 Å². The Labute approximate surface area is 155 Å². The van der Waals surface area contributed by atoms with Crippen LogP contribution in [0.1, 0.15) is 40.2 Å². The van der Waals surface area contributed by atoms with Crippen molar-refractivity contribution in [1.29, 1.82) is 0 Å². The van der Waals surface area contributed by atoms with Crippen molar-refractivity contribution in [3.63, 3.8) is 0 Å². The van der Waals surface area contributed by atoms with Gasteiger partial charge in [0, 0.05) is 31.3 Å². The van der Waals surface area contributed by atoms with Gasteiger partial charge in [-0.2, -0.15) is 13.2 Å². The first-order valence-corrected chi connectivity index (χ1v) is 8.22. The normalized spacial score (nSPS) is 12.1. The van der Waals surface area contributed by atoms with Crippen LogP contribution in [0.15, 0.2) is 12.1 Å². The molecular formula is C17H24F3N3O4. The number of alkyl halides is 3. The van der Waals surface area contributed by atoms with E-state index in [2.05, 4.69) is 5.32 Å². The van der Waals surface area contributed by atoms with Gasteiger partial charge in [0.15, 0.2) is 0 Å². The first-order valence-electron chi connectivity index (χ1n) is 8.22. The second-order valence-electron chi connectivity index (χ2n) is 7.63. The van der Waals surface area contributed by atoms with Crippen molar-refractivity contribution in [2.45, 2.75) is 46.3 Å². The smallest absolute Gasteiger partial charge is 0.403 e. The van der Waals surface area contributed by atoms with E-state index in [-0.39, 0.29) is 18.2 Å². The van der Waals surface area contributed by atoms with Crippen LogP contribution in [0.25, 0.3) is 0 Å². The molecule has 0 unspecified atom stereocenters. The zero-order chi connectivity index (χ0) is 21.2. The first kappa shape index (κ1) is 22.5. The monoisotopic (exact) mass is 391 g/mol. The van der Waals surface area contributed by atoms with Crippen LogP contribution in [-0.2, 0) is 6.18 Å². The molecule has 0 radical (unpaired) electrons. The van der Waals surface area contributed by atoms with E-state index < -0.39 is 39.7 Å². The molecule has 0 bridgehead atoms. The maximum absolute atomic E-state index is 13.4. The molecule has 1 aromatic carbocycles. The minimum atomic E-state index is -4.81. The van der Waals surface area contributed by atoms with Gasteiger partial charge < -0.3 is 15.0 Å². The molecular weight excluding hydrogens is 367 g/mol. The summed E-state index contributed by atoms with van der Waals surface area (Å²) in [5.74, 6) is -0.514. The van der Waals surface area contributed by atoms with Crippen molar-refractivity contribution in [3.8, 4) is 5.75 Å². The quantitative estimate of drug-likeness (QED) is 0.586. The average Bonchev–Trinajstić information content (AvgIpc) is 2.42. The lowest BCUT2D eigenvalue weighted by Crippen LogP contribution is -2.42. The largest absolute Gasteiger partial charge is 0.418 e. The number of benzene rings is 1. The molecule has 0 saturated heterocycles. The molecule has 10 heteroatoms. The highest BCUT2D eigenvalue weighted by Gasteiger charge is 2.38. The van der Waals surface area contributed by atoms with E-state index in [9.17, 15) is 28.1 Å². The first-order chi connectivity index (χ1) is 12.1. The Kier molecular flexibility index (Phi) is 6.68. The number of carbonyl (C=O) groups excluding carboxylic acids is 1. The van der Waals surface area contributed by atoms with Crippen LogP contribution in [0.4, 0.5) is 29.3 Å². The number of amides is 1. The molecule has 0 atom stereocenters. The zero-order valence-corrected chi connectivity index (χ0v) is 16.1. The lowest BCUT2D eigenvalue weighted by Gasteiger charge is -2.26. The van der Waals surface area contributed by atoms with Crippen LogP contribution in [0.2, 0.25) is 0 Å². The number of nitro groups is 1. The fraction of sp³-hybridized carbons (Fsp3) is 0.588. The highest BCUT2D eigenvalue weighted by molar-refractivity contribution is 5.75. The van der Waals surface area contributed by atoms with Gasteiger partial charge in [-0.3, -0.25) is 10.1 Å². The molecule has 0 fully saturated rings. The Morgan fingerprint density at radius 2 is 1.85 bits per heavy atom. The lowest BCUT2D eigenvalue weighted by atomic mass is 10.1. The summed E-state index contributed by atoms with van der Waals surface area (Å²) in [4.78, 5) is 23.5. The third-order valence-electron chi connectivity index (χ3n) is 3.31. The van der Waals surface area contributed by atoms with Gasteiger partial charge in [-0.25, -0.2) is 4.79 Å². The number of anilines is 1. The molecule has 0 aromatic heterocycles. The summed E-state index contributed by atoms with van der Waals surface area (Å²) in [6, 6.07) is 1.28. The number of nitro benzene ring substituents is 1. The summed E-state index contributed by atoms with van der Waals surface area (Å²) < 4.78 is 45.3. The summed E-state index contributed by atoms with van der Waals surface area (Å²) >= 11 is 0. The minimum Gasteiger partial charge on any atom is -0.403 e. The van der Waals surface area contributed by atoms with Gasteiger partial charge in [0.2, 0.25) is 5.75 Å². The average molecular weight is 391 g/mol. The molecule has 0 heterocycles. The molecule has 1 aromatic rings. The number of carbonyl (C=O) groups is 1. The van der Waals surface area contributed by atoms with E-state index in [0.717, 1.165) is 6.07 Å². The minimum absolute atomic E-state index is 0.0415. The van der Waals surface area contributed by atoms with Gasteiger partial charge >= 0.3 is 18.0 Å². The number of hydrogen-bond acceptors (Lipinski definition) is 5. The molecule has 0 spiro atoms. The van der Waals surface area contributed by atoms with Crippen molar-refractivity contribution < 1.29 is 27.6 Å². The summed E-state index contributed by atoms with van der Waals surface area (Å²) in [5, 5.41) is 13.7. The van der Waals surface area contributed by atoms with Crippen molar-refractivity contribution in [2.75, 3.05) is 18.5 Å². The van der Waals surface area contributed by atoms with Crippen molar-refractivity contribution in [2.24, 2.45) is 5.92 Å². The highest BCUT2D eigenvalue weighted by atomic mass is 19.4. The van der Waals surface area contributed by atoms with Gasteiger partial charge in [-0.15, -0.1) is 0 Å². The fourth-order valence-corrected chi connectivity index (χ4v) is 2.40. The third kappa shape index (κ3) is 6.61. The predicted octanol–water partition coefficient (Wildman–Crippen LogP) is 4.59. The molecule has 0 saturated carbocycles. The fourth-order valence-electron chi connectivity index (χ4n) is 2.40. The molecule has 7 nitrogen and oxygen atoms in total. The Balaban J connectivity index is 3.48. The van der Waals surface area contributed by atoms with Crippen LogP contribution in [0.3, 0.4) is 0 Å². The summed E-state index contributed by atoms with van der Waals surface area (Å²) in [7, 11) is 1.44. The van der Waals surface area contributed by atoms with Gasteiger partial charge in [-0.1, -0.05) is 13.8 Å². The maximum Gasteiger partial charge on any atom is 0.418 e. The Hall–Kier alpha value is -2.52. The van der Waals surface area contributed by atoms with Crippen molar-refractivity contribution in [3.05, 3.63) is 27.8 Å². The van der Waals surface area contributed by atoms with E-state index in [0.29, 0.717) is 6.07 Å². The van der Waals surface area contributed by atoms with Crippen LogP contribution >= 0.6 is 0 Å². The topological polar surface area (TPSA) is 84.7 Å². The SMILES string of the molecule is CC(C)CN(C)c1cc(OC(=O)NC(C)(C)C)c([N+](=O)[O-])cc1C(F)(F)F. The Bertz CT molecular complexity index is 713. The summed E-state index contributed by atoms with van der Waals surface area (Å²) in [6.45, 7) is 8.91. The van der Waals surface area contributed by atoms with Crippen LogP contribution in [0.5, 0.6) is 5.75 Å². The van der Waals surface area contributed by atoms with E-state index in [1.807, 2.05) is 13.8 Å². The number of hydrogen-bond donors (Lipinski definition) is 1. The maximum atomic E-state index is 13.4. The highest BCUT2D eigenvalue weighted by Crippen LogP contribution is 2.43. The second-order valence-corrected chi connectivity index (χ2v) is 7.63. The summed E-state index contributed by atoms with van der Waals surface area (Å²) in [6.07, 6.45) is -5.81. The number of nitrogens with zero attached hydrogens (tertiary/aromatic N) is 2. The molecule has 1 rings (SSSR count). The summed E-state index contributed by atoms with van der Waals surface area (Å²) in [5.41, 5.74) is -3.09. The van der Waals surface area contributed by atoms with E-state index in [4.69, 9.17) is 4.74 Å². The molecule has 0 aliphatic heterocycles. The van der Waals surface area contributed by atoms with Crippen LogP contribution < -0.4 is 15.0 Å². The van der Waals surface area contributed by atoms with Crippen LogP contribution in [0, 0.1) is 16.0 Å². The standard InChI is InChI=1S/C17H24F3N3O4/c1-10(2)9-22(6)12-8-14(27-15(24)21-16(3,4)5)13(23(25)26)7-11(12)17(18,19)20/h7-8,10H,9H2,1-6H3,(H,21,24). The molecule has 152 valence electrons. The molecule has 0 aliphatic carbocycles. The number of rotatable bonds is 5. The van der Waals surface area contributed by atoms with Gasteiger partial charge in [0.05, 0.1) is 16.2 Å². The molecule has 0 aliphatic rings. The van der Waals surface area contributed by atoms with Gasteiger partial charge in [0.25, 0.3) is 0 Å². The number of nitrogens with one attached hydrogen (secondary N) is 1. The molecule has 1 amide bonds. The van der Waals surface area contributed by atoms with E-state index >= 15 is 0 Å². The van der Waals surface area contributed by atoms with Crippen LogP contribution in [-0.4, -0.2) is 30.1 Å². The number of halogens is 3. The van der Waals surface area contributed by atoms with Crippen molar-refractivity contribution in [1.82, 2.24) is 5.32 Å². The Morgan fingerprint density at radius 3 is 2.26 bits per heavy atom. The van der Waals surface area contributed by atoms with E-state index in [1.54, 1.807) is 20.8 Å². The molecule has 27 heavy (non-hydrogen) atoms. The Morgan fingerprint density at radius 1 is 1.30 bits per heavy atom. The molecule has 1 N–H and O–H groups in total. The number of ether oxygens (including phenoxy) is 1. The zero-order valence-electron chi connectivity index (χ0n) is 16.1. The van der Waals surface area contributed by atoms with Gasteiger partial charge in [0.1, 0.15) is 0 Å². The van der Waals surface area contributed by atoms with Gasteiger partial charge in [-0.05, 0) is 26.7 Å². The second kappa shape index (κ2) is 8.01. The predicted molar refractivity (Wildman–Crippen MR) is 95.1 cm³/mol.